The van der Waals surface area contributed by atoms with Crippen molar-refractivity contribution in [1.29, 1.82) is 0 Å². The number of hydrogen-bond acceptors (Lipinski definition) is 4. The molecule has 18 heavy (non-hydrogen) atoms. The molecule has 1 atom stereocenters. The minimum Gasteiger partial charge on any atom is -0.480 e. The van der Waals surface area contributed by atoms with Crippen molar-refractivity contribution in [3.8, 4) is 0 Å². The van der Waals surface area contributed by atoms with Gasteiger partial charge in [-0.15, -0.1) is 0 Å². The molecule has 0 aliphatic rings. The van der Waals surface area contributed by atoms with Crippen molar-refractivity contribution in [1.82, 2.24) is 15.3 Å². The summed E-state index contributed by atoms with van der Waals surface area (Å²) in [5.41, 5.74) is 0. The number of carbonyl (C=O) groups excluding carboxylic acids is 1. The van der Waals surface area contributed by atoms with Crippen LogP contribution in [0, 0.1) is 0 Å². The van der Waals surface area contributed by atoms with Gasteiger partial charge >= 0.3 is 18.1 Å². The summed E-state index contributed by atoms with van der Waals surface area (Å²) in [5.74, 6) is -3.89. The van der Waals surface area contributed by atoms with Gasteiger partial charge in [0, 0.05) is 18.8 Å². The van der Waals surface area contributed by atoms with Crippen molar-refractivity contribution in [3.05, 3.63) is 24.3 Å². The fourth-order valence-electron chi connectivity index (χ4n) is 1.06. The van der Waals surface area contributed by atoms with Crippen LogP contribution >= 0.6 is 0 Å². The third-order valence-electron chi connectivity index (χ3n) is 1.87. The van der Waals surface area contributed by atoms with E-state index in [4.69, 9.17) is 5.11 Å². The van der Waals surface area contributed by atoms with Gasteiger partial charge in [0.25, 0.3) is 0 Å². The molecule has 1 heterocycles. The Morgan fingerprint density at radius 3 is 2.33 bits per heavy atom. The number of aromatic nitrogens is 2. The topological polar surface area (TPSA) is 92.2 Å². The first kappa shape index (κ1) is 13.9. The molecule has 0 bridgehead atoms. The first-order valence-corrected chi connectivity index (χ1v) is 4.67. The van der Waals surface area contributed by atoms with E-state index < -0.39 is 30.5 Å². The van der Waals surface area contributed by atoms with Crippen molar-refractivity contribution in [3.63, 3.8) is 0 Å². The van der Waals surface area contributed by atoms with Crippen LogP contribution in [0.1, 0.15) is 5.82 Å². The molecular weight excluding hydrogens is 255 g/mol. The smallest absolute Gasteiger partial charge is 0.471 e. The lowest BCUT2D eigenvalue weighted by Crippen LogP contribution is -2.48. The molecule has 1 amide bonds. The van der Waals surface area contributed by atoms with Crippen LogP contribution in [-0.4, -0.2) is 39.2 Å². The Bertz CT molecular complexity index is 436. The number of amides is 1. The number of carboxylic acid groups (broad SMARTS) is 1. The maximum absolute atomic E-state index is 12.0. The Morgan fingerprint density at radius 2 is 1.89 bits per heavy atom. The Hall–Kier alpha value is -2.19. The SMILES string of the molecule is O=C(O)[C@H](Cc1ncccn1)NC(=O)C(F)(F)F. The van der Waals surface area contributed by atoms with Gasteiger partial charge < -0.3 is 10.4 Å². The number of alkyl halides is 3. The van der Waals surface area contributed by atoms with E-state index >= 15 is 0 Å². The van der Waals surface area contributed by atoms with Crippen molar-refractivity contribution >= 4 is 11.9 Å². The molecule has 1 aromatic heterocycles. The molecule has 9 heteroatoms. The van der Waals surface area contributed by atoms with Gasteiger partial charge in [0.05, 0.1) is 0 Å². The van der Waals surface area contributed by atoms with Crippen LogP contribution in [0.3, 0.4) is 0 Å². The van der Waals surface area contributed by atoms with E-state index in [2.05, 4.69) is 9.97 Å². The van der Waals surface area contributed by atoms with Gasteiger partial charge in [0.15, 0.2) is 0 Å². The largest absolute Gasteiger partial charge is 0.480 e. The predicted molar refractivity (Wildman–Crippen MR) is 51.4 cm³/mol. The lowest BCUT2D eigenvalue weighted by Gasteiger charge is -2.14. The summed E-state index contributed by atoms with van der Waals surface area (Å²) < 4.78 is 35.9. The third kappa shape index (κ3) is 4.00. The number of nitrogens with one attached hydrogen (secondary N) is 1. The third-order valence-corrected chi connectivity index (χ3v) is 1.87. The van der Waals surface area contributed by atoms with Crippen molar-refractivity contribution in [2.24, 2.45) is 0 Å². The summed E-state index contributed by atoms with van der Waals surface area (Å²) in [5, 5.41) is 10.1. The molecule has 0 aliphatic heterocycles. The molecule has 2 N–H and O–H groups in total. The Kier molecular flexibility index (Phi) is 4.18. The second-order valence-corrected chi connectivity index (χ2v) is 3.23. The highest BCUT2D eigenvalue weighted by Gasteiger charge is 2.40. The second-order valence-electron chi connectivity index (χ2n) is 3.23. The number of rotatable bonds is 4. The van der Waals surface area contributed by atoms with Crippen LogP contribution in [0.15, 0.2) is 18.5 Å². The zero-order chi connectivity index (χ0) is 13.8. The summed E-state index contributed by atoms with van der Waals surface area (Å²) >= 11 is 0. The van der Waals surface area contributed by atoms with E-state index in [0.29, 0.717) is 0 Å². The number of carboxylic acids is 1. The molecule has 1 aromatic rings. The van der Waals surface area contributed by atoms with Gasteiger partial charge in [0.2, 0.25) is 0 Å². The maximum atomic E-state index is 12.0. The quantitative estimate of drug-likeness (QED) is 0.806. The normalized spacial score (nSPS) is 12.8. The van der Waals surface area contributed by atoms with E-state index in [-0.39, 0.29) is 5.82 Å². The number of aliphatic carboxylic acids is 1. The van der Waals surface area contributed by atoms with Gasteiger partial charge in [-0.25, -0.2) is 14.8 Å². The number of hydrogen-bond donors (Lipinski definition) is 2. The Labute approximate surface area is 98.9 Å². The zero-order valence-electron chi connectivity index (χ0n) is 8.81. The molecule has 0 saturated carbocycles. The molecule has 0 radical (unpaired) electrons. The monoisotopic (exact) mass is 263 g/mol. The fourth-order valence-corrected chi connectivity index (χ4v) is 1.06. The zero-order valence-corrected chi connectivity index (χ0v) is 8.81. The van der Waals surface area contributed by atoms with Crippen molar-refractivity contribution < 1.29 is 27.9 Å². The minimum absolute atomic E-state index is 0.0207. The lowest BCUT2D eigenvalue weighted by molar-refractivity contribution is -0.175. The molecule has 6 nitrogen and oxygen atoms in total. The summed E-state index contributed by atoms with van der Waals surface area (Å²) in [4.78, 5) is 28.7. The molecular formula is C9H8F3N3O3. The number of carbonyl (C=O) groups is 2. The van der Waals surface area contributed by atoms with E-state index in [1.165, 1.54) is 23.8 Å². The molecule has 0 unspecified atom stereocenters. The molecule has 0 saturated heterocycles. The highest BCUT2D eigenvalue weighted by atomic mass is 19.4. The highest BCUT2D eigenvalue weighted by Crippen LogP contribution is 2.14. The van der Waals surface area contributed by atoms with E-state index in [9.17, 15) is 22.8 Å². The molecule has 0 aromatic carbocycles. The second kappa shape index (κ2) is 5.43. The average molecular weight is 263 g/mol. The van der Waals surface area contributed by atoms with Crippen LogP contribution in [-0.2, 0) is 16.0 Å². The molecule has 0 aliphatic carbocycles. The lowest BCUT2D eigenvalue weighted by atomic mass is 10.2. The van der Waals surface area contributed by atoms with Gasteiger partial charge in [-0.3, -0.25) is 4.79 Å². The Morgan fingerprint density at radius 1 is 1.33 bits per heavy atom. The van der Waals surface area contributed by atoms with Crippen molar-refractivity contribution in [2.75, 3.05) is 0 Å². The van der Waals surface area contributed by atoms with Crippen LogP contribution < -0.4 is 5.32 Å². The summed E-state index contributed by atoms with van der Waals surface area (Å²) in [6.07, 6.45) is -2.94. The van der Waals surface area contributed by atoms with Gasteiger partial charge in [-0.05, 0) is 6.07 Å². The van der Waals surface area contributed by atoms with Crippen LogP contribution in [0.5, 0.6) is 0 Å². The summed E-state index contributed by atoms with van der Waals surface area (Å²) in [6.45, 7) is 0. The van der Waals surface area contributed by atoms with Crippen molar-refractivity contribution in [2.45, 2.75) is 18.6 Å². The standard InChI is InChI=1S/C9H8F3N3O3/c10-9(11,12)8(18)15-5(7(16)17)4-6-13-2-1-3-14-6/h1-3,5H,4H2,(H,15,18)(H,16,17)/t5-/m0/s1. The molecule has 1 rings (SSSR count). The summed E-state index contributed by atoms with van der Waals surface area (Å²) in [6, 6.07) is -0.269. The molecule has 0 spiro atoms. The maximum Gasteiger partial charge on any atom is 0.471 e. The van der Waals surface area contributed by atoms with Crippen LogP contribution in [0.2, 0.25) is 0 Å². The van der Waals surface area contributed by atoms with E-state index in [0.717, 1.165) is 0 Å². The predicted octanol–water partition coefficient (Wildman–Crippen LogP) is 0.151. The highest BCUT2D eigenvalue weighted by molar-refractivity contribution is 5.87. The summed E-state index contributed by atoms with van der Waals surface area (Å²) in [7, 11) is 0. The van der Waals surface area contributed by atoms with E-state index in [1.807, 2.05) is 0 Å². The van der Waals surface area contributed by atoms with Crippen LogP contribution in [0.4, 0.5) is 13.2 Å². The minimum atomic E-state index is -5.13. The van der Waals surface area contributed by atoms with Gasteiger partial charge in [-0.2, -0.15) is 13.2 Å². The first-order chi connectivity index (χ1) is 8.30. The number of halogens is 3. The Balaban J connectivity index is 2.73. The molecule has 0 fully saturated rings. The number of nitrogens with zero attached hydrogens (tertiary/aromatic N) is 2. The first-order valence-electron chi connectivity index (χ1n) is 4.67. The van der Waals surface area contributed by atoms with Gasteiger partial charge in [0.1, 0.15) is 11.9 Å². The average Bonchev–Trinajstić information content (AvgIpc) is 2.28. The fraction of sp³-hybridized carbons (Fsp3) is 0.333. The van der Waals surface area contributed by atoms with Gasteiger partial charge in [-0.1, -0.05) is 0 Å². The van der Waals surface area contributed by atoms with E-state index in [1.54, 1.807) is 0 Å². The molecule has 98 valence electrons. The van der Waals surface area contributed by atoms with Crippen LogP contribution in [0.25, 0.3) is 0 Å².